The first-order valence-electron chi connectivity index (χ1n) is 9.36. The molecule has 0 saturated carbocycles. The molecule has 1 aliphatic heterocycles. The Labute approximate surface area is 180 Å². The molecule has 5 nitrogen and oxygen atoms in total. The molecule has 0 bridgehead atoms. The fourth-order valence-corrected chi connectivity index (χ4v) is 3.19. The maximum atomic E-state index is 6.33. The van der Waals surface area contributed by atoms with Gasteiger partial charge in [-0.3, -0.25) is 4.99 Å². The second-order valence-electron chi connectivity index (χ2n) is 6.07. The summed E-state index contributed by atoms with van der Waals surface area (Å²) in [6.07, 6.45) is 2.13. The van der Waals surface area contributed by atoms with E-state index in [-0.39, 0.29) is 24.0 Å². The number of nitrogens with zero attached hydrogens (tertiary/aromatic N) is 3. The molecule has 1 fully saturated rings. The van der Waals surface area contributed by atoms with E-state index >= 15 is 0 Å². The summed E-state index contributed by atoms with van der Waals surface area (Å²) in [6.45, 7) is 11.3. The van der Waals surface area contributed by atoms with Gasteiger partial charge in [0, 0.05) is 52.5 Å². The normalized spacial score (nSPS) is 15.0. The third kappa shape index (κ3) is 7.48. The van der Waals surface area contributed by atoms with Crippen molar-refractivity contribution in [2.24, 2.45) is 4.99 Å². The highest BCUT2D eigenvalue weighted by atomic mass is 127. The number of para-hydroxylation sites is 1. The van der Waals surface area contributed by atoms with Crippen molar-refractivity contribution in [1.82, 2.24) is 10.2 Å². The fourth-order valence-electron chi connectivity index (χ4n) is 2.94. The van der Waals surface area contributed by atoms with Crippen molar-refractivity contribution in [1.29, 1.82) is 0 Å². The maximum Gasteiger partial charge on any atom is 0.194 e. The highest BCUT2D eigenvalue weighted by Crippen LogP contribution is 2.25. The number of anilines is 1. The number of hydrogen-bond acceptors (Lipinski definition) is 3. The minimum absolute atomic E-state index is 0. The number of aliphatic imine (C=N–C) groups is 1. The summed E-state index contributed by atoms with van der Waals surface area (Å²) < 4.78 is 5.38. The molecule has 0 atom stereocenters. The van der Waals surface area contributed by atoms with E-state index < -0.39 is 0 Å². The van der Waals surface area contributed by atoms with E-state index in [4.69, 9.17) is 21.3 Å². The van der Waals surface area contributed by atoms with Crippen molar-refractivity contribution < 1.29 is 4.74 Å². The topological polar surface area (TPSA) is 40.1 Å². The lowest BCUT2D eigenvalue weighted by Crippen LogP contribution is -2.52. The lowest BCUT2D eigenvalue weighted by atomic mass is 10.2. The smallest absolute Gasteiger partial charge is 0.194 e. The highest BCUT2D eigenvalue weighted by Gasteiger charge is 2.20. The predicted molar refractivity (Wildman–Crippen MR) is 122 cm³/mol. The Bertz CT molecular complexity index is 536. The Morgan fingerprint density at radius 1 is 1.15 bits per heavy atom. The van der Waals surface area contributed by atoms with Gasteiger partial charge in [0.25, 0.3) is 0 Å². The summed E-state index contributed by atoms with van der Waals surface area (Å²) in [6, 6.07) is 8.07. The van der Waals surface area contributed by atoms with E-state index in [0.717, 1.165) is 82.0 Å². The number of guanidine groups is 1. The zero-order valence-corrected chi connectivity index (χ0v) is 19.0. The number of hydrogen-bond donors (Lipinski definition) is 1. The third-order valence-corrected chi connectivity index (χ3v) is 4.59. The Balaban J connectivity index is 0.00000338. The fraction of sp³-hybridized carbons (Fsp3) is 0.632. The average Bonchev–Trinajstić information content (AvgIpc) is 2.64. The Morgan fingerprint density at radius 2 is 1.88 bits per heavy atom. The van der Waals surface area contributed by atoms with Crippen molar-refractivity contribution in [2.45, 2.75) is 26.7 Å². The van der Waals surface area contributed by atoms with E-state index in [1.54, 1.807) is 0 Å². The van der Waals surface area contributed by atoms with Crippen LogP contribution in [0.1, 0.15) is 26.7 Å². The van der Waals surface area contributed by atoms with Crippen LogP contribution in [0, 0.1) is 0 Å². The summed E-state index contributed by atoms with van der Waals surface area (Å²) >= 11 is 6.33. The van der Waals surface area contributed by atoms with Crippen LogP contribution in [0.3, 0.4) is 0 Å². The van der Waals surface area contributed by atoms with E-state index in [1.165, 1.54) is 0 Å². The molecule has 1 saturated heterocycles. The molecule has 2 rings (SSSR count). The Kier molecular flexibility index (Phi) is 12.0. The molecule has 0 unspecified atom stereocenters. The third-order valence-electron chi connectivity index (χ3n) is 4.27. The van der Waals surface area contributed by atoms with Gasteiger partial charge in [0.2, 0.25) is 0 Å². The van der Waals surface area contributed by atoms with Gasteiger partial charge >= 0.3 is 0 Å². The number of unbranched alkanes of at least 4 members (excludes halogenated alkanes) is 1. The minimum Gasteiger partial charge on any atom is -0.382 e. The Hall–Kier alpha value is -0.730. The van der Waals surface area contributed by atoms with Crippen molar-refractivity contribution in [3.63, 3.8) is 0 Å². The van der Waals surface area contributed by atoms with E-state index in [0.29, 0.717) is 0 Å². The molecular weight excluding hydrogens is 463 g/mol. The lowest BCUT2D eigenvalue weighted by Gasteiger charge is -2.38. The predicted octanol–water partition coefficient (Wildman–Crippen LogP) is 3.86. The van der Waals surface area contributed by atoms with Crippen LogP contribution in [0.5, 0.6) is 0 Å². The maximum absolute atomic E-state index is 6.33. The molecule has 0 amide bonds. The van der Waals surface area contributed by atoms with Gasteiger partial charge in [0.05, 0.1) is 10.7 Å². The highest BCUT2D eigenvalue weighted by molar-refractivity contribution is 14.0. The second-order valence-corrected chi connectivity index (χ2v) is 6.47. The van der Waals surface area contributed by atoms with Crippen LogP contribution in [0.2, 0.25) is 5.02 Å². The summed E-state index contributed by atoms with van der Waals surface area (Å²) in [5, 5.41) is 4.25. The molecular formula is C19H32ClIN4O. The first-order valence-corrected chi connectivity index (χ1v) is 9.74. The molecule has 1 aromatic rings. The van der Waals surface area contributed by atoms with Gasteiger partial charge in [-0.15, -0.1) is 24.0 Å². The van der Waals surface area contributed by atoms with E-state index in [1.807, 2.05) is 25.1 Å². The standard InChI is InChI=1S/C19H31ClN4O.HI/c1-3-21-19(22-11-7-8-16-25-4-2)24-14-12-23(13-15-24)18-10-6-5-9-17(18)20;/h5-6,9-10H,3-4,7-8,11-16H2,1-2H3,(H,21,22);1H. The molecule has 7 heteroatoms. The van der Waals surface area contributed by atoms with Gasteiger partial charge in [-0.05, 0) is 38.8 Å². The van der Waals surface area contributed by atoms with Crippen LogP contribution in [-0.2, 0) is 4.74 Å². The number of benzene rings is 1. The molecule has 1 N–H and O–H groups in total. The lowest BCUT2D eigenvalue weighted by molar-refractivity contribution is 0.144. The second kappa shape index (κ2) is 13.4. The molecule has 0 radical (unpaired) electrons. The van der Waals surface area contributed by atoms with Crippen LogP contribution in [0.4, 0.5) is 5.69 Å². The molecule has 0 aliphatic carbocycles. The van der Waals surface area contributed by atoms with Gasteiger partial charge in [0.15, 0.2) is 5.96 Å². The monoisotopic (exact) mass is 494 g/mol. The van der Waals surface area contributed by atoms with Gasteiger partial charge < -0.3 is 19.9 Å². The Morgan fingerprint density at radius 3 is 2.54 bits per heavy atom. The van der Waals surface area contributed by atoms with Crippen LogP contribution < -0.4 is 10.2 Å². The summed E-state index contributed by atoms with van der Waals surface area (Å²) in [7, 11) is 0. The number of piperazine rings is 1. The van der Waals surface area contributed by atoms with Gasteiger partial charge in [-0.25, -0.2) is 0 Å². The quantitative estimate of drug-likeness (QED) is 0.258. The molecule has 0 aromatic heterocycles. The van der Waals surface area contributed by atoms with Crippen LogP contribution in [0.15, 0.2) is 29.3 Å². The van der Waals surface area contributed by atoms with Crippen molar-refractivity contribution in [2.75, 3.05) is 57.4 Å². The first-order chi connectivity index (χ1) is 12.3. The minimum atomic E-state index is 0. The van der Waals surface area contributed by atoms with E-state index in [9.17, 15) is 0 Å². The molecule has 1 heterocycles. The largest absolute Gasteiger partial charge is 0.382 e. The van der Waals surface area contributed by atoms with Crippen molar-refractivity contribution in [3.05, 3.63) is 29.3 Å². The number of rotatable bonds is 8. The average molecular weight is 495 g/mol. The van der Waals surface area contributed by atoms with E-state index in [2.05, 4.69) is 28.1 Å². The number of halogens is 2. The SMILES string of the molecule is CCNC(=NCCCCOCC)N1CCN(c2ccccc2Cl)CC1.I. The van der Waals surface area contributed by atoms with Crippen molar-refractivity contribution >= 4 is 47.2 Å². The molecule has 148 valence electrons. The molecule has 26 heavy (non-hydrogen) atoms. The number of nitrogens with one attached hydrogen (secondary N) is 1. The molecule has 0 spiro atoms. The van der Waals surface area contributed by atoms with Crippen LogP contribution in [0.25, 0.3) is 0 Å². The van der Waals surface area contributed by atoms with Gasteiger partial charge in [-0.2, -0.15) is 0 Å². The molecule has 1 aromatic carbocycles. The van der Waals surface area contributed by atoms with Gasteiger partial charge in [0.1, 0.15) is 0 Å². The zero-order valence-electron chi connectivity index (χ0n) is 15.9. The first kappa shape index (κ1) is 23.3. The molecule has 1 aliphatic rings. The summed E-state index contributed by atoms with van der Waals surface area (Å²) in [5.41, 5.74) is 1.13. The number of ether oxygens (including phenoxy) is 1. The summed E-state index contributed by atoms with van der Waals surface area (Å²) in [5.74, 6) is 1.03. The van der Waals surface area contributed by atoms with Crippen molar-refractivity contribution in [3.8, 4) is 0 Å². The van der Waals surface area contributed by atoms with Crippen LogP contribution in [-0.4, -0.2) is 63.3 Å². The van der Waals surface area contributed by atoms with Crippen LogP contribution >= 0.6 is 35.6 Å². The summed E-state index contributed by atoms with van der Waals surface area (Å²) in [4.78, 5) is 9.48. The van der Waals surface area contributed by atoms with Gasteiger partial charge in [-0.1, -0.05) is 23.7 Å². The zero-order chi connectivity index (χ0) is 17.9.